The molecule has 174 valence electrons. The Bertz CT molecular complexity index is 787. The maximum absolute atomic E-state index is 13.3. The summed E-state index contributed by atoms with van der Waals surface area (Å²) in [5.41, 5.74) is 1.15. The van der Waals surface area contributed by atoms with Crippen LogP contribution in [0.2, 0.25) is 0 Å². The van der Waals surface area contributed by atoms with Gasteiger partial charge in [0.25, 0.3) is 0 Å². The van der Waals surface area contributed by atoms with Crippen LogP contribution in [0, 0.1) is 29.6 Å². The quantitative estimate of drug-likeness (QED) is 0.728. The van der Waals surface area contributed by atoms with Crippen LogP contribution in [0.1, 0.15) is 64.4 Å². The lowest BCUT2D eigenvalue weighted by Gasteiger charge is -2.54. The molecule has 4 saturated carbocycles. The monoisotopic (exact) mass is 437 g/mol. The Kier molecular flexibility index (Phi) is 6.18. The Hall–Kier alpha value is -2.04. The van der Waals surface area contributed by atoms with E-state index in [-0.39, 0.29) is 23.9 Å². The molecular formula is C27H39N3O2. The van der Waals surface area contributed by atoms with Crippen LogP contribution in [0.4, 0.5) is 4.79 Å². The number of amides is 3. The Morgan fingerprint density at radius 3 is 2.12 bits per heavy atom. The second-order valence-electron chi connectivity index (χ2n) is 11.2. The van der Waals surface area contributed by atoms with Crippen LogP contribution >= 0.6 is 0 Å². The van der Waals surface area contributed by atoms with Gasteiger partial charge in [-0.25, -0.2) is 4.79 Å². The zero-order chi connectivity index (χ0) is 22.2. The number of benzene rings is 1. The van der Waals surface area contributed by atoms with Gasteiger partial charge in [0.15, 0.2) is 0 Å². The summed E-state index contributed by atoms with van der Waals surface area (Å²) in [5.74, 6) is 3.60. The molecule has 5 heteroatoms. The molecule has 4 bridgehead atoms. The van der Waals surface area contributed by atoms with Crippen molar-refractivity contribution in [2.45, 2.75) is 77.4 Å². The fourth-order valence-corrected chi connectivity index (χ4v) is 7.21. The van der Waals surface area contributed by atoms with Gasteiger partial charge in [-0.2, -0.15) is 0 Å². The minimum absolute atomic E-state index is 0.0536. The van der Waals surface area contributed by atoms with Gasteiger partial charge in [-0.15, -0.1) is 0 Å². The Morgan fingerprint density at radius 1 is 0.969 bits per heavy atom. The van der Waals surface area contributed by atoms with Crippen molar-refractivity contribution in [2.24, 2.45) is 29.6 Å². The Balaban J connectivity index is 1.14. The molecule has 1 N–H and O–H groups in total. The molecule has 1 heterocycles. The minimum Gasteiger partial charge on any atom is -0.353 e. The summed E-state index contributed by atoms with van der Waals surface area (Å²) in [6, 6.07) is 10.8. The molecule has 0 spiro atoms. The van der Waals surface area contributed by atoms with E-state index in [0.717, 1.165) is 42.1 Å². The van der Waals surface area contributed by atoms with Crippen molar-refractivity contribution in [3.8, 4) is 0 Å². The lowest BCUT2D eigenvalue weighted by Crippen LogP contribution is -2.57. The molecule has 5 nitrogen and oxygen atoms in total. The first-order valence-electron chi connectivity index (χ1n) is 12.9. The fourth-order valence-electron chi connectivity index (χ4n) is 7.21. The van der Waals surface area contributed by atoms with Crippen LogP contribution < -0.4 is 5.32 Å². The van der Waals surface area contributed by atoms with Gasteiger partial charge >= 0.3 is 6.03 Å². The van der Waals surface area contributed by atoms with E-state index in [4.69, 9.17) is 0 Å². The predicted molar refractivity (Wildman–Crippen MR) is 126 cm³/mol. The molecule has 5 aliphatic rings. The van der Waals surface area contributed by atoms with E-state index < -0.39 is 0 Å². The van der Waals surface area contributed by atoms with Crippen LogP contribution in [-0.2, 0) is 11.3 Å². The first-order chi connectivity index (χ1) is 15.5. The number of urea groups is 1. The van der Waals surface area contributed by atoms with E-state index in [9.17, 15) is 9.59 Å². The Morgan fingerprint density at radius 2 is 1.56 bits per heavy atom. The molecule has 0 atom stereocenters. The molecule has 32 heavy (non-hydrogen) atoms. The number of likely N-dealkylation sites (tertiary alicyclic amines) is 1. The normalized spacial score (nSPS) is 31.7. The SMILES string of the molecule is CC(C)N(Cc1ccccc1)C(=O)N1CCC(C(=O)NC2C3CC4CC(C3)CC2C4)CC1. The van der Waals surface area contributed by atoms with Crippen LogP contribution in [0.3, 0.4) is 0 Å². The zero-order valence-corrected chi connectivity index (χ0v) is 19.7. The summed E-state index contributed by atoms with van der Waals surface area (Å²) in [6.07, 6.45) is 8.32. The summed E-state index contributed by atoms with van der Waals surface area (Å²) < 4.78 is 0. The summed E-state index contributed by atoms with van der Waals surface area (Å²) in [6.45, 7) is 6.13. The van der Waals surface area contributed by atoms with Gasteiger partial charge < -0.3 is 15.1 Å². The topological polar surface area (TPSA) is 52.7 Å². The number of hydrogen-bond acceptors (Lipinski definition) is 2. The molecule has 0 aromatic heterocycles. The number of nitrogens with zero attached hydrogens (tertiary/aromatic N) is 2. The van der Waals surface area contributed by atoms with Gasteiger partial charge in [0, 0.05) is 37.6 Å². The van der Waals surface area contributed by atoms with Gasteiger partial charge in [-0.1, -0.05) is 30.3 Å². The van der Waals surface area contributed by atoms with E-state index >= 15 is 0 Å². The third kappa shape index (κ3) is 4.40. The van der Waals surface area contributed by atoms with E-state index in [0.29, 0.717) is 25.7 Å². The number of nitrogens with one attached hydrogen (secondary N) is 1. The van der Waals surface area contributed by atoms with E-state index in [1.807, 2.05) is 28.0 Å². The zero-order valence-electron chi connectivity index (χ0n) is 19.7. The number of carbonyl (C=O) groups is 2. The van der Waals surface area contributed by atoms with E-state index in [2.05, 4.69) is 31.3 Å². The molecule has 0 radical (unpaired) electrons. The number of rotatable bonds is 5. The summed E-state index contributed by atoms with van der Waals surface area (Å²) >= 11 is 0. The average Bonchev–Trinajstić information content (AvgIpc) is 2.79. The first kappa shape index (κ1) is 21.8. The average molecular weight is 438 g/mol. The smallest absolute Gasteiger partial charge is 0.320 e. The Labute approximate surface area is 192 Å². The van der Waals surface area contributed by atoms with Gasteiger partial charge in [0.1, 0.15) is 0 Å². The van der Waals surface area contributed by atoms with Crippen LogP contribution in [0.15, 0.2) is 30.3 Å². The number of piperidine rings is 1. The molecule has 5 fully saturated rings. The van der Waals surface area contributed by atoms with E-state index in [1.165, 1.54) is 32.1 Å². The van der Waals surface area contributed by atoms with Crippen molar-refractivity contribution < 1.29 is 9.59 Å². The highest BCUT2D eigenvalue weighted by Gasteiger charge is 2.49. The van der Waals surface area contributed by atoms with Gasteiger partial charge in [-0.05, 0) is 88.0 Å². The van der Waals surface area contributed by atoms with Crippen LogP contribution in [-0.4, -0.2) is 46.9 Å². The summed E-state index contributed by atoms with van der Waals surface area (Å²) in [7, 11) is 0. The van der Waals surface area contributed by atoms with Gasteiger partial charge in [-0.3, -0.25) is 4.79 Å². The van der Waals surface area contributed by atoms with Crippen LogP contribution in [0.5, 0.6) is 0 Å². The van der Waals surface area contributed by atoms with Crippen molar-refractivity contribution in [3.63, 3.8) is 0 Å². The second-order valence-corrected chi connectivity index (χ2v) is 11.2. The predicted octanol–water partition coefficient (Wildman–Crippen LogP) is 4.67. The first-order valence-corrected chi connectivity index (χ1v) is 12.9. The summed E-state index contributed by atoms with van der Waals surface area (Å²) in [4.78, 5) is 30.3. The van der Waals surface area contributed by atoms with Crippen molar-refractivity contribution >= 4 is 11.9 Å². The lowest BCUT2D eigenvalue weighted by atomic mass is 9.54. The largest absolute Gasteiger partial charge is 0.353 e. The van der Waals surface area contributed by atoms with Gasteiger partial charge in [0.2, 0.25) is 5.91 Å². The van der Waals surface area contributed by atoms with Crippen LogP contribution in [0.25, 0.3) is 0 Å². The maximum atomic E-state index is 13.3. The third-order valence-electron chi connectivity index (χ3n) is 8.74. The molecule has 6 rings (SSSR count). The summed E-state index contributed by atoms with van der Waals surface area (Å²) in [5, 5.41) is 3.50. The highest BCUT2D eigenvalue weighted by molar-refractivity contribution is 5.80. The van der Waals surface area contributed by atoms with Gasteiger partial charge in [0.05, 0.1) is 0 Å². The molecule has 3 amide bonds. The third-order valence-corrected chi connectivity index (χ3v) is 8.74. The molecule has 1 aliphatic heterocycles. The molecular weight excluding hydrogens is 398 g/mol. The maximum Gasteiger partial charge on any atom is 0.320 e. The highest BCUT2D eigenvalue weighted by Crippen LogP contribution is 2.53. The lowest BCUT2D eigenvalue weighted by molar-refractivity contribution is -0.130. The second kappa shape index (κ2) is 9.07. The fraction of sp³-hybridized carbons (Fsp3) is 0.704. The molecule has 1 aromatic rings. The molecule has 1 saturated heterocycles. The van der Waals surface area contributed by atoms with Crippen molar-refractivity contribution in [1.82, 2.24) is 15.1 Å². The standard InChI is InChI=1S/C27H39N3O2/c1-18(2)30(17-19-6-4-3-5-7-19)27(32)29-10-8-22(9-11-29)26(31)28-25-23-13-20-12-21(15-23)16-24(25)14-20/h3-7,18,20-25H,8-17H2,1-2H3,(H,28,31). The minimum atomic E-state index is 0.0536. The van der Waals surface area contributed by atoms with Crippen molar-refractivity contribution in [2.75, 3.05) is 13.1 Å². The molecule has 0 unspecified atom stereocenters. The number of hydrogen-bond donors (Lipinski definition) is 1. The highest BCUT2D eigenvalue weighted by atomic mass is 16.2. The van der Waals surface area contributed by atoms with E-state index in [1.54, 1.807) is 0 Å². The molecule has 4 aliphatic carbocycles. The van der Waals surface area contributed by atoms with Crippen molar-refractivity contribution in [3.05, 3.63) is 35.9 Å². The number of carbonyl (C=O) groups excluding carboxylic acids is 2. The van der Waals surface area contributed by atoms with Crippen molar-refractivity contribution in [1.29, 1.82) is 0 Å². The molecule has 1 aromatic carbocycles.